The number of ether oxygens (including phenoxy) is 1. The van der Waals surface area contributed by atoms with E-state index in [9.17, 15) is 4.79 Å². The largest absolute Gasteiger partial charge is 0.378 e. The molecule has 0 unspecified atom stereocenters. The van der Waals surface area contributed by atoms with E-state index >= 15 is 0 Å². The molecule has 0 aromatic heterocycles. The molecule has 0 aliphatic carbocycles. The Balaban J connectivity index is 2.51. The number of hydrogen-bond acceptors (Lipinski definition) is 2. The molecule has 0 saturated carbocycles. The van der Waals surface area contributed by atoms with Crippen LogP contribution in [0.5, 0.6) is 0 Å². The highest BCUT2D eigenvalue weighted by Gasteiger charge is 2.45. The predicted octanol–water partition coefficient (Wildman–Crippen LogP) is 2.16. The minimum absolute atomic E-state index is 0.211. The maximum Gasteiger partial charge on any atom is 0.145 e. The fourth-order valence-corrected chi connectivity index (χ4v) is 2.11. The van der Waals surface area contributed by atoms with Gasteiger partial charge >= 0.3 is 0 Å². The molecule has 2 rings (SSSR count). The van der Waals surface area contributed by atoms with Gasteiger partial charge in [-0.15, -0.1) is 0 Å². The molecule has 1 heterocycles. The van der Waals surface area contributed by atoms with E-state index in [1.807, 2.05) is 0 Å². The molecule has 15 heavy (non-hydrogen) atoms. The molecule has 0 amide bonds. The van der Waals surface area contributed by atoms with Gasteiger partial charge in [0.15, 0.2) is 0 Å². The first-order chi connectivity index (χ1) is 7.06. The number of carbonyl (C=O) groups is 1. The van der Waals surface area contributed by atoms with E-state index in [0.717, 1.165) is 5.56 Å². The first-order valence-electron chi connectivity index (χ1n) is 5.23. The zero-order valence-electron chi connectivity index (χ0n) is 9.46. The minimum Gasteiger partial charge on any atom is -0.378 e. The highest BCUT2D eigenvalue weighted by Crippen LogP contribution is 2.35. The predicted molar refractivity (Wildman–Crippen MR) is 59.1 cm³/mol. The highest BCUT2D eigenvalue weighted by atomic mass is 16.5. The van der Waals surface area contributed by atoms with Gasteiger partial charge in [-0.25, -0.2) is 0 Å². The second-order valence-corrected chi connectivity index (χ2v) is 4.45. The van der Waals surface area contributed by atoms with Crippen LogP contribution in [0.25, 0.3) is 0 Å². The molecule has 0 atom stereocenters. The number of rotatable bonds is 2. The van der Waals surface area contributed by atoms with Gasteiger partial charge in [-0.2, -0.15) is 0 Å². The summed E-state index contributed by atoms with van der Waals surface area (Å²) in [5.41, 5.74) is 3.15. The van der Waals surface area contributed by atoms with Crippen LogP contribution in [0, 0.1) is 13.8 Å². The number of hydrogen-bond donors (Lipinski definition) is 0. The number of Topliss-reactive ketones (excluding diaryl/α,β-unsaturated/α-hetero) is 1. The topological polar surface area (TPSA) is 26.3 Å². The van der Waals surface area contributed by atoms with Crippen LogP contribution in [0.3, 0.4) is 0 Å². The van der Waals surface area contributed by atoms with Crippen LogP contribution in [0.4, 0.5) is 0 Å². The van der Waals surface area contributed by atoms with Gasteiger partial charge in [-0.05, 0) is 31.9 Å². The highest BCUT2D eigenvalue weighted by molar-refractivity contribution is 5.89. The normalized spacial score (nSPS) is 18.3. The Bertz CT molecular complexity index is 403. The SMILES string of the molecule is CC(=O)C1(c2cc(C)ccc2C)COC1. The van der Waals surface area contributed by atoms with E-state index in [1.165, 1.54) is 11.1 Å². The van der Waals surface area contributed by atoms with Gasteiger partial charge < -0.3 is 4.74 Å². The Labute approximate surface area is 90.3 Å². The van der Waals surface area contributed by atoms with Crippen molar-refractivity contribution in [2.24, 2.45) is 0 Å². The first-order valence-corrected chi connectivity index (χ1v) is 5.23. The summed E-state index contributed by atoms with van der Waals surface area (Å²) in [5.74, 6) is 0.211. The van der Waals surface area contributed by atoms with Crippen LogP contribution in [-0.2, 0) is 14.9 Å². The number of benzene rings is 1. The van der Waals surface area contributed by atoms with Crippen molar-refractivity contribution in [3.8, 4) is 0 Å². The van der Waals surface area contributed by atoms with Gasteiger partial charge in [-0.3, -0.25) is 4.79 Å². The van der Waals surface area contributed by atoms with Crippen molar-refractivity contribution in [2.75, 3.05) is 13.2 Å². The molecule has 0 radical (unpaired) electrons. The summed E-state index contributed by atoms with van der Waals surface area (Å²) in [5, 5.41) is 0. The third-order valence-corrected chi connectivity index (χ3v) is 3.28. The van der Waals surface area contributed by atoms with Crippen molar-refractivity contribution in [2.45, 2.75) is 26.2 Å². The number of ketones is 1. The molecule has 1 aromatic rings. The summed E-state index contributed by atoms with van der Waals surface area (Å²) in [4.78, 5) is 11.7. The quantitative estimate of drug-likeness (QED) is 0.738. The lowest BCUT2D eigenvalue weighted by molar-refractivity contribution is -0.140. The van der Waals surface area contributed by atoms with Gasteiger partial charge in [0.1, 0.15) is 11.2 Å². The molecule has 0 N–H and O–H groups in total. The van der Waals surface area contributed by atoms with Crippen LogP contribution < -0.4 is 0 Å². The van der Waals surface area contributed by atoms with Crippen molar-refractivity contribution in [1.29, 1.82) is 0 Å². The van der Waals surface area contributed by atoms with Crippen LogP contribution in [0.15, 0.2) is 18.2 Å². The van der Waals surface area contributed by atoms with Crippen molar-refractivity contribution in [1.82, 2.24) is 0 Å². The maximum absolute atomic E-state index is 11.7. The van der Waals surface area contributed by atoms with E-state index in [-0.39, 0.29) is 11.2 Å². The molecule has 1 saturated heterocycles. The van der Waals surface area contributed by atoms with Crippen LogP contribution in [0.1, 0.15) is 23.6 Å². The fourth-order valence-electron chi connectivity index (χ4n) is 2.11. The Morgan fingerprint density at radius 2 is 2.00 bits per heavy atom. The fraction of sp³-hybridized carbons (Fsp3) is 0.462. The second kappa shape index (κ2) is 3.46. The summed E-state index contributed by atoms with van der Waals surface area (Å²) < 4.78 is 5.23. The van der Waals surface area contributed by atoms with Crippen molar-refractivity contribution < 1.29 is 9.53 Å². The molecular weight excluding hydrogens is 188 g/mol. The van der Waals surface area contributed by atoms with Crippen molar-refractivity contribution in [3.05, 3.63) is 34.9 Å². The Hall–Kier alpha value is -1.15. The third kappa shape index (κ3) is 1.49. The summed E-state index contributed by atoms with van der Waals surface area (Å²) in [7, 11) is 0. The molecule has 2 nitrogen and oxygen atoms in total. The Morgan fingerprint density at radius 3 is 2.47 bits per heavy atom. The van der Waals surface area contributed by atoms with Crippen molar-refractivity contribution in [3.63, 3.8) is 0 Å². The Morgan fingerprint density at radius 1 is 1.33 bits per heavy atom. The van der Waals surface area contributed by atoms with E-state index in [1.54, 1.807) is 6.92 Å². The van der Waals surface area contributed by atoms with Crippen LogP contribution in [0.2, 0.25) is 0 Å². The van der Waals surface area contributed by atoms with Crippen LogP contribution >= 0.6 is 0 Å². The van der Waals surface area contributed by atoms with E-state index in [0.29, 0.717) is 13.2 Å². The van der Waals surface area contributed by atoms with Crippen LogP contribution in [-0.4, -0.2) is 19.0 Å². The monoisotopic (exact) mass is 204 g/mol. The molecule has 0 spiro atoms. The lowest BCUT2D eigenvalue weighted by Crippen LogP contribution is -2.52. The van der Waals surface area contributed by atoms with Crippen molar-refractivity contribution >= 4 is 5.78 Å². The van der Waals surface area contributed by atoms with E-state index in [2.05, 4.69) is 32.0 Å². The molecule has 1 fully saturated rings. The lowest BCUT2D eigenvalue weighted by Gasteiger charge is -2.40. The molecule has 0 bridgehead atoms. The van der Waals surface area contributed by atoms with Gasteiger partial charge in [-0.1, -0.05) is 23.8 Å². The zero-order valence-corrected chi connectivity index (χ0v) is 9.46. The standard InChI is InChI=1S/C13H16O2/c1-9-4-5-10(2)12(6-9)13(11(3)14)7-15-8-13/h4-6H,7-8H2,1-3H3. The van der Waals surface area contributed by atoms with Gasteiger partial charge in [0.05, 0.1) is 13.2 Å². The molecule has 1 aliphatic heterocycles. The second-order valence-electron chi connectivity index (χ2n) is 4.45. The number of carbonyl (C=O) groups excluding carboxylic acids is 1. The molecule has 1 aliphatic rings. The smallest absolute Gasteiger partial charge is 0.145 e. The minimum atomic E-state index is -0.365. The van der Waals surface area contributed by atoms with E-state index < -0.39 is 0 Å². The molecule has 1 aromatic carbocycles. The molecular formula is C13H16O2. The first kappa shape index (κ1) is 10.4. The van der Waals surface area contributed by atoms with Gasteiger partial charge in [0.2, 0.25) is 0 Å². The zero-order chi connectivity index (χ0) is 11.1. The molecule has 80 valence electrons. The summed E-state index contributed by atoms with van der Waals surface area (Å²) >= 11 is 0. The lowest BCUT2D eigenvalue weighted by atomic mass is 9.73. The third-order valence-electron chi connectivity index (χ3n) is 3.28. The van der Waals surface area contributed by atoms with Gasteiger partial charge in [0.25, 0.3) is 0 Å². The maximum atomic E-state index is 11.7. The summed E-state index contributed by atoms with van der Waals surface area (Å²) in [6, 6.07) is 6.26. The van der Waals surface area contributed by atoms with Gasteiger partial charge in [0, 0.05) is 0 Å². The Kier molecular flexibility index (Phi) is 2.39. The van der Waals surface area contributed by atoms with E-state index in [4.69, 9.17) is 4.74 Å². The average molecular weight is 204 g/mol. The summed E-state index contributed by atoms with van der Waals surface area (Å²) in [6.07, 6.45) is 0. The summed E-state index contributed by atoms with van der Waals surface area (Å²) in [6.45, 7) is 6.83. The number of aryl methyl sites for hydroxylation is 2. The molecule has 2 heteroatoms. The average Bonchev–Trinajstić information content (AvgIpc) is 2.08.